The quantitative estimate of drug-likeness (QED) is 0.698. The first-order valence-corrected chi connectivity index (χ1v) is 12.8. The number of benzene rings is 1. The Kier molecular flexibility index (Phi) is 6.34. The molecule has 0 aliphatic carbocycles. The molecule has 156 valence electrons. The molecule has 4 rings (SSSR count). The molecule has 1 amide bonds. The first kappa shape index (κ1) is 20.5. The third-order valence-corrected chi connectivity index (χ3v) is 8.17. The summed E-state index contributed by atoms with van der Waals surface area (Å²) in [6.07, 6.45) is 0.511. The van der Waals surface area contributed by atoms with Gasteiger partial charge >= 0.3 is 0 Å². The molecule has 1 aromatic carbocycles. The molecule has 0 saturated carbocycles. The van der Waals surface area contributed by atoms with Crippen molar-refractivity contribution in [3.8, 4) is 0 Å². The number of thiophene rings is 1. The maximum atomic E-state index is 13.2. The molecule has 29 heavy (non-hydrogen) atoms. The van der Waals surface area contributed by atoms with Gasteiger partial charge in [0.2, 0.25) is 5.91 Å². The Balaban J connectivity index is 1.38. The van der Waals surface area contributed by atoms with Crippen molar-refractivity contribution < 1.29 is 13.2 Å². The van der Waals surface area contributed by atoms with E-state index in [-0.39, 0.29) is 23.5 Å². The molecule has 6 nitrogen and oxygen atoms in total. The van der Waals surface area contributed by atoms with Gasteiger partial charge < -0.3 is 4.90 Å². The van der Waals surface area contributed by atoms with Crippen LogP contribution < -0.4 is 4.90 Å². The van der Waals surface area contributed by atoms with Crippen molar-refractivity contribution in [3.63, 3.8) is 0 Å². The van der Waals surface area contributed by atoms with Crippen molar-refractivity contribution in [1.29, 1.82) is 0 Å². The van der Waals surface area contributed by atoms with E-state index in [0.29, 0.717) is 13.0 Å². The summed E-state index contributed by atoms with van der Waals surface area (Å²) in [6, 6.07) is 11.4. The third-order valence-electron chi connectivity index (χ3n) is 5.69. The zero-order valence-corrected chi connectivity index (χ0v) is 18.1. The van der Waals surface area contributed by atoms with Gasteiger partial charge in [-0.3, -0.25) is 14.6 Å². The highest BCUT2D eigenvalue weighted by Crippen LogP contribution is 2.25. The molecular formula is C21H27N3O3S2. The summed E-state index contributed by atoms with van der Waals surface area (Å²) in [4.78, 5) is 19.6. The van der Waals surface area contributed by atoms with E-state index in [1.54, 1.807) is 16.2 Å². The van der Waals surface area contributed by atoms with Crippen LogP contribution in [0.2, 0.25) is 0 Å². The highest BCUT2D eigenvalue weighted by atomic mass is 32.2. The van der Waals surface area contributed by atoms with Crippen LogP contribution in [0, 0.1) is 0 Å². The average Bonchev–Trinajstić information content (AvgIpc) is 3.34. The Bertz CT molecular complexity index is 908. The van der Waals surface area contributed by atoms with E-state index in [0.717, 1.165) is 38.4 Å². The molecule has 2 aliphatic heterocycles. The minimum Gasteiger partial charge on any atom is -0.307 e. The second-order valence-electron chi connectivity index (χ2n) is 7.84. The predicted molar refractivity (Wildman–Crippen MR) is 117 cm³/mol. The number of amides is 1. The van der Waals surface area contributed by atoms with Crippen LogP contribution >= 0.6 is 11.3 Å². The molecule has 1 atom stereocenters. The van der Waals surface area contributed by atoms with Crippen molar-refractivity contribution in [2.24, 2.45) is 0 Å². The average molecular weight is 434 g/mol. The van der Waals surface area contributed by atoms with Crippen LogP contribution in [0.3, 0.4) is 0 Å². The monoisotopic (exact) mass is 433 g/mol. The molecule has 8 heteroatoms. The van der Waals surface area contributed by atoms with Crippen LogP contribution in [0.25, 0.3) is 0 Å². The summed E-state index contributed by atoms with van der Waals surface area (Å²) >= 11 is 1.72. The van der Waals surface area contributed by atoms with E-state index >= 15 is 0 Å². The maximum Gasteiger partial charge on any atom is 0.241 e. The largest absolute Gasteiger partial charge is 0.307 e. The lowest BCUT2D eigenvalue weighted by molar-refractivity contribution is -0.120. The molecule has 3 heterocycles. The number of nitrogens with zero attached hydrogens (tertiary/aromatic N) is 3. The second kappa shape index (κ2) is 8.95. The van der Waals surface area contributed by atoms with Crippen molar-refractivity contribution in [2.45, 2.75) is 19.0 Å². The summed E-state index contributed by atoms with van der Waals surface area (Å²) < 4.78 is 24.0. The molecule has 0 unspecified atom stereocenters. The molecule has 2 fully saturated rings. The number of rotatable bonds is 6. The van der Waals surface area contributed by atoms with Crippen molar-refractivity contribution in [3.05, 3.63) is 52.7 Å². The number of piperazine rings is 1. The van der Waals surface area contributed by atoms with Gasteiger partial charge in [-0.05, 0) is 40.9 Å². The SMILES string of the molecule is O=C(CN1CCN(Cc2ccsc2)CC1)N(c1ccccc1)[C@H]1CCS(=O)(=O)C1. The van der Waals surface area contributed by atoms with E-state index in [2.05, 4.69) is 26.6 Å². The van der Waals surface area contributed by atoms with Gasteiger partial charge in [0.15, 0.2) is 9.84 Å². The van der Waals surface area contributed by atoms with E-state index < -0.39 is 9.84 Å². The summed E-state index contributed by atoms with van der Waals surface area (Å²) in [6.45, 7) is 4.86. The number of para-hydroxylation sites is 1. The van der Waals surface area contributed by atoms with Crippen LogP contribution in [0.1, 0.15) is 12.0 Å². The highest BCUT2D eigenvalue weighted by molar-refractivity contribution is 7.91. The molecule has 0 bridgehead atoms. The Morgan fingerprint density at radius 2 is 1.79 bits per heavy atom. The van der Waals surface area contributed by atoms with Gasteiger partial charge in [0.05, 0.1) is 24.1 Å². The smallest absolute Gasteiger partial charge is 0.241 e. The fourth-order valence-electron chi connectivity index (χ4n) is 4.14. The standard InChI is InChI=1S/C21H27N3O3S2/c25-21(15-23-10-8-22(9-11-23)14-18-6-12-28-16-18)24(19-4-2-1-3-5-19)20-7-13-29(26,27)17-20/h1-6,12,16,20H,7-11,13-15,17H2/t20-/m0/s1. The zero-order valence-electron chi connectivity index (χ0n) is 16.4. The fourth-order valence-corrected chi connectivity index (χ4v) is 6.50. The van der Waals surface area contributed by atoms with Crippen LogP contribution in [0.15, 0.2) is 47.2 Å². The first-order chi connectivity index (χ1) is 14.0. The van der Waals surface area contributed by atoms with Crippen LogP contribution in [-0.4, -0.2) is 74.4 Å². The lowest BCUT2D eigenvalue weighted by Gasteiger charge is -2.36. The van der Waals surface area contributed by atoms with Gasteiger partial charge in [-0.1, -0.05) is 18.2 Å². The minimum atomic E-state index is -3.06. The molecule has 2 aromatic rings. The van der Waals surface area contributed by atoms with Gasteiger partial charge in [-0.15, -0.1) is 0 Å². The lowest BCUT2D eigenvalue weighted by atomic mass is 10.1. The minimum absolute atomic E-state index is 0.00964. The van der Waals surface area contributed by atoms with E-state index in [9.17, 15) is 13.2 Å². The normalized spacial score (nSPS) is 22.6. The Morgan fingerprint density at radius 1 is 1.07 bits per heavy atom. The highest BCUT2D eigenvalue weighted by Gasteiger charge is 2.36. The van der Waals surface area contributed by atoms with E-state index in [4.69, 9.17) is 0 Å². The molecule has 2 saturated heterocycles. The molecular weight excluding hydrogens is 406 g/mol. The maximum absolute atomic E-state index is 13.2. The van der Waals surface area contributed by atoms with Crippen molar-refractivity contribution in [2.75, 3.05) is 49.1 Å². The second-order valence-corrected chi connectivity index (χ2v) is 10.8. The number of hydrogen-bond acceptors (Lipinski definition) is 6. The Hall–Kier alpha value is -1.74. The Labute approximate surface area is 176 Å². The van der Waals surface area contributed by atoms with Gasteiger partial charge in [-0.25, -0.2) is 8.42 Å². The third kappa shape index (κ3) is 5.25. The van der Waals surface area contributed by atoms with Crippen molar-refractivity contribution in [1.82, 2.24) is 9.80 Å². The number of hydrogen-bond donors (Lipinski definition) is 0. The summed E-state index contributed by atoms with van der Waals surface area (Å²) in [5.74, 6) is 0.210. The first-order valence-electron chi connectivity index (χ1n) is 10.0. The van der Waals surface area contributed by atoms with Gasteiger partial charge in [0.1, 0.15) is 0 Å². The van der Waals surface area contributed by atoms with E-state index in [1.165, 1.54) is 5.56 Å². The molecule has 0 N–H and O–H groups in total. The summed E-state index contributed by atoms with van der Waals surface area (Å²) in [5, 5.41) is 4.29. The van der Waals surface area contributed by atoms with Crippen LogP contribution in [0.4, 0.5) is 5.69 Å². The van der Waals surface area contributed by atoms with Crippen LogP contribution in [0.5, 0.6) is 0 Å². The lowest BCUT2D eigenvalue weighted by Crippen LogP contribution is -2.51. The van der Waals surface area contributed by atoms with Gasteiger partial charge in [0, 0.05) is 38.4 Å². The number of anilines is 1. The molecule has 0 spiro atoms. The van der Waals surface area contributed by atoms with E-state index in [1.807, 2.05) is 30.3 Å². The number of sulfone groups is 1. The Morgan fingerprint density at radius 3 is 2.41 bits per heavy atom. The topological polar surface area (TPSA) is 60.9 Å². The van der Waals surface area contributed by atoms with Gasteiger partial charge in [0.25, 0.3) is 0 Å². The number of carbonyl (C=O) groups is 1. The van der Waals surface area contributed by atoms with Crippen molar-refractivity contribution >= 4 is 32.8 Å². The van der Waals surface area contributed by atoms with Crippen LogP contribution in [-0.2, 0) is 21.2 Å². The summed E-state index contributed by atoms with van der Waals surface area (Å²) in [5.41, 5.74) is 2.13. The fraction of sp³-hybridized carbons (Fsp3) is 0.476. The molecule has 1 aromatic heterocycles. The number of carbonyl (C=O) groups excluding carboxylic acids is 1. The van der Waals surface area contributed by atoms with Gasteiger partial charge in [-0.2, -0.15) is 11.3 Å². The predicted octanol–water partition coefficient (Wildman–Crippen LogP) is 2.09. The zero-order chi connectivity index (χ0) is 20.3. The molecule has 0 radical (unpaired) electrons. The molecule has 2 aliphatic rings. The summed E-state index contributed by atoms with van der Waals surface area (Å²) in [7, 11) is -3.06.